The van der Waals surface area contributed by atoms with Gasteiger partial charge in [0.25, 0.3) is 0 Å². The van der Waals surface area contributed by atoms with Crippen LogP contribution in [-0.4, -0.2) is 74.7 Å². The molecule has 1 aliphatic rings. The summed E-state index contributed by atoms with van der Waals surface area (Å²) in [7, 11) is 1.64. The van der Waals surface area contributed by atoms with Crippen LogP contribution in [0.5, 0.6) is 5.75 Å². The summed E-state index contributed by atoms with van der Waals surface area (Å²) < 4.78 is 12.6. The Morgan fingerprint density at radius 2 is 1.76 bits per heavy atom. The number of thioether (sulfide) groups is 2. The zero-order valence-electron chi connectivity index (χ0n) is 18.9. The molecule has 3 heterocycles. The molecule has 2 aromatic heterocycles. The molecule has 0 spiro atoms. The monoisotopic (exact) mass is 486 g/mol. The van der Waals surface area contributed by atoms with E-state index in [4.69, 9.17) is 9.47 Å². The van der Waals surface area contributed by atoms with Gasteiger partial charge in [0.2, 0.25) is 5.91 Å². The van der Waals surface area contributed by atoms with E-state index in [1.54, 1.807) is 7.11 Å². The molecular weight excluding hydrogens is 460 g/mol. The van der Waals surface area contributed by atoms with Gasteiger partial charge in [-0.25, -0.2) is 9.97 Å². The van der Waals surface area contributed by atoms with Crippen LogP contribution in [-0.2, 0) is 15.3 Å². The quantitative estimate of drug-likeness (QED) is 0.352. The third-order valence-corrected chi connectivity index (χ3v) is 6.77. The molecule has 3 aromatic rings. The van der Waals surface area contributed by atoms with Crippen LogP contribution in [0, 0.1) is 13.8 Å². The molecule has 0 saturated carbocycles. The van der Waals surface area contributed by atoms with E-state index in [0.717, 1.165) is 28.6 Å². The molecule has 11 heteroatoms. The normalized spacial score (nSPS) is 13.8. The lowest BCUT2D eigenvalue weighted by Gasteiger charge is -2.26. The van der Waals surface area contributed by atoms with Crippen LogP contribution in [0.2, 0.25) is 0 Å². The zero-order valence-corrected chi connectivity index (χ0v) is 20.5. The molecule has 1 aromatic carbocycles. The first-order chi connectivity index (χ1) is 16.0. The number of aromatic nitrogens is 5. The molecule has 1 saturated heterocycles. The summed E-state index contributed by atoms with van der Waals surface area (Å²) in [6.07, 6.45) is 0. The smallest absolute Gasteiger partial charge is 0.233 e. The molecule has 0 unspecified atom stereocenters. The molecule has 0 bridgehead atoms. The maximum atomic E-state index is 12.6. The highest BCUT2D eigenvalue weighted by molar-refractivity contribution is 7.99. The molecule has 1 fully saturated rings. The molecule has 1 aliphatic heterocycles. The Balaban J connectivity index is 1.55. The van der Waals surface area contributed by atoms with Crippen molar-refractivity contribution in [1.82, 2.24) is 29.6 Å². The summed E-state index contributed by atoms with van der Waals surface area (Å²) in [5, 5.41) is 10.2. The van der Waals surface area contributed by atoms with Gasteiger partial charge in [-0.1, -0.05) is 23.5 Å². The minimum Gasteiger partial charge on any atom is -0.497 e. The maximum absolute atomic E-state index is 12.6. The van der Waals surface area contributed by atoms with E-state index in [2.05, 4.69) is 20.2 Å². The van der Waals surface area contributed by atoms with Gasteiger partial charge in [0.1, 0.15) is 11.6 Å². The highest BCUT2D eigenvalue weighted by Gasteiger charge is 2.20. The van der Waals surface area contributed by atoms with Crippen molar-refractivity contribution in [2.24, 2.45) is 0 Å². The molecule has 0 N–H and O–H groups in total. The molecule has 4 rings (SSSR count). The van der Waals surface area contributed by atoms with E-state index in [0.29, 0.717) is 48.1 Å². The van der Waals surface area contributed by atoms with Crippen molar-refractivity contribution < 1.29 is 14.3 Å². The number of aryl methyl sites for hydroxylation is 2. The van der Waals surface area contributed by atoms with Crippen LogP contribution in [0.25, 0.3) is 5.69 Å². The third kappa shape index (κ3) is 6.04. The van der Waals surface area contributed by atoms with E-state index < -0.39 is 0 Å². The fourth-order valence-electron chi connectivity index (χ4n) is 3.40. The van der Waals surface area contributed by atoms with E-state index in [9.17, 15) is 4.79 Å². The Hall–Kier alpha value is -2.63. The van der Waals surface area contributed by atoms with Crippen LogP contribution in [0.1, 0.15) is 17.2 Å². The van der Waals surface area contributed by atoms with Crippen molar-refractivity contribution in [3.63, 3.8) is 0 Å². The first-order valence-electron chi connectivity index (χ1n) is 10.6. The van der Waals surface area contributed by atoms with Crippen molar-refractivity contribution in [2.75, 3.05) is 39.2 Å². The SMILES string of the molecule is COc1ccc(-n2c(CSc3nc(C)cc(C)n3)nnc2SCC(=O)N2CCOCC2)cc1. The van der Waals surface area contributed by atoms with Crippen LogP contribution in [0.3, 0.4) is 0 Å². The van der Waals surface area contributed by atoms with E-state index in [-0.39, 0.29) is 5.91 Å². The minimum atomic E-state index is 0.0761. The number of morpholine rings is 1. The van der Waals surface area contributed by atoms with Crippen molar-refractivity contribution in [3.8, 4) is 11.4 Å². The Morgan fingerprint density at radius 3 is 2.42 bits per heavy atom. The highest BCUT2D eigenvalue weighted by atomic mass is 32.2. The van der Waals surface area contributed by atoms with Crippen molar-refractivity contribution >= 4 is 29.4 Å². The van der Waals surface area contributed by atoms with Crippen LogP contribution in [0.4, 0.5) is 0 Å². The Morgan fingerprint density at radius 1 is 1.06 bits per heavy atom. The molecular formula is C22H26N6O3S2. The molecule has 0 radical (unpaired) electrons. The van der Waals surface area contributed by atoms with Crippen molar-refractivity contribution in [1.29, 1.82) is 0 Å². The second-order valence-corrected chi connectivity index (χ2v) is 9.32. The van der Waals surface area contributed by atoms with Gasteiger partial charge in [-0.05, 0) is 44.2 Å². The Kier molecular flexibility index (Phi) is 7.84. The Bertz CT molecular complexity index is 1080. The number of amides is 1. The van der Waals surface area contributed by atoms with Gasteiger partial charge in [0.05, 0.1) is 31.8 Å². The van der Waals surface area contributed by atoms with Gasteiger partial charge < -0.3 is 14.4 Å². The molecule has 0 aliphatic carbocycles. The fraction of sp³-hybridized carbons (Fsp3) is 0.409. The Labute approximate surface area is 201 Å². The second-order valence-electron chi connectivity index (χ2n) is 7.44. The standard InChI is InChI=1S/C22H26N6O3S2/c1-15-12-16(2)24-21(23-15)32-13-19-25-26-22(28(19)17-4-6-18(30-3)7-5-17)33-14-20(29)27-8-10-31-11-9-27/h4-7,12H,8-11,13-14H2,1-3H3. The summed E-state index contributed by atoms with van der Waals surface area (Å²) in [6, 6.07) is 9.65. The predicted octanol–water partition coefficient (Wildman–Crippen LogP) is 2.93. The van der Waals surface area contributed by atoms with Crippen LogP contribution < -0.4 is 4.74 Å². The number of carbonyl (C=O) groups excluding carboxylic acids is 1. The minimum absolute atomic E-state index is 0.0761. The maximum Gasteiger partial charge on any atom is 0.233 e. The van der Waals surface area contributed by atoms with E-state index in [1.165, 1.54) is 23.5 Å². The number of hydrogen-bond donors (Lipinski definition) is 0. The number of nitrogens with zero attached hydrogens (tertiary/aromatic N) is 6. The summed E-state index contributed by atoms with van der Waals surface area (Å²) in [6.45, 7) is 6.34. The molecule has 174 valence electrons. The van der Waals surface area contributed by atoms with Gasteiger partial charge in [-0.2, -0.15) is 0 Å². The number of methoxy groups -OCH3 is 1. The van der Waals surface area contributed by atoms with Crippen LogP contribution >= 0.6 is 23.5 Å². The number of carbonyl (C=O) groups is 1. The summed E-state index contributed by atoms with van der Waals surface area (Å²) >= 11 is 2.90. The summed E-state index contributed by atoms with van der Waals surface area (Å²) in [5.74, 6) is 2.44. The van der Waals surface area contributed by atoms with Crippen LogP contribution in [0.15, 0.2) is 40.6 Å². The van der Waals surface area contributed by atoms with E-state index >= 15 is 0 Å². The van der Waals surface area contributed by atoms with Crippen molar-refractivity contribution in [3.05, 3.63) is 47.5 Å². The first-order valence-corrected chi connectivity index (χ1v) is 12.5. The fourth-order valence-corrected chi connectivity index (χ4v) is 5.13. The number of rotatable bonds is 8. The average molecular weight is 487 g/mol. The van der Waals surface area contributed by atoms with Gasteiger partial charge in [-0.3, -0.25) is 9.36 Å². The lowest BCUT2D eigenvalue weighted by Crippen LogP contribution is -2.41. The van der Waals surface area contributed by atoms with Gasteiger partial charge in [0.15, 0.2) is 10.3 Å². The molecule has 1 amide bonds. The van der Waals surface area contributed by atoms with Gasteiger partial charge in [-0.15, -0.1) is 10.2 Å². The summed E-state index contributed by atoms with van der Waals surface area (Å²) in [5.41, 5.74) is 2.76. The van der Waals surface area contributed by atoms with E-state index in [1.807, 2.05) is 53.6 Å². The highest BCUT2D eigenvalue weighted by Crippen LogP contribution is 2.27. The third-order valence-electron chi connectivity index (χ3n) is 5.01. The number of benzene rings is 1. The largest absolute Gasteiger partial charge is 0.497 e. The topological polar surface area (TPSA) is 95.3 Å². The number of hydrogen-bond acceptors (Lipinski definition) is 9. The average Bonchev–Trinajstić information content (AvgIpc) is 3.24. The van der Waals surface area contributed by atoms with Crippen molar-refractivity contribution in [2.45, 2.75) is 29.9 Å². The first kappa shape index (κ1) is 23.5. The molecule has 0 atom stereocenters. The second kappa shape index (κ2) is 11.0. The number of ether oxygens (including phenoxy) is 2. The lowest BCUT2D eigenvalue weighted by atomic mass is 10.3. The lowest BCUT2D eigenvalue weighted by molar-refractivity contribution is -0.132. The van der Waals surface area contributed by atoms with Gasteiger partial charge in [0, 0.05) is 30.2 Å². The van der Waals surface area contributed by atoms with Gasteiger partial charge >= 0.3 is 0 Å². The zero-order chi connectivity index (χ0) is 23.2. The summed E-state index contributed by atoms with van der Waals surface area (Å²) in [4.78, 5) is 23.5. The predicted molar refractivity (Wildman–Crippen MR) is 127 cm³/mol. The molecule has 33 heavy (non-hydrogen) atoms. The molecule has 9 nitrogen and oxygen atoms in total.